The maximum Gasteiger partial charge on any atom is 0.355 e. The Morgan fingerprint density at radius 3 is 2.40 bits per heavy atom. The largest absolute Gasteiger partial charge is 0.458 e. The van der Waals surface area contributed by atoms with Crippen LogP contribution in [0.5, 0.6) is 0 Å². The number of aromatic nitrogens is 1. The van der Waals surface area contributed by atoms with Crippen molar-refractivity contribution < 1.29 is 17.9 Å². The fourth-order valence-corrected chi connectivity index (χ4v) is 3.05. The summed E-state index contributed by atoms with van der Waals surface area (Å²) in [5, 5.41) is 5.05. The Labute approximate surface area is 119 Å². The Morgan fingerprint density at radius 1 is 1.30 bits per heavy atom. The molecule has 1 saturated carbocycles. The molecule has 0 radical (unpaired) electrons. The van der Waals surface area contributed by atoms with Crippen molar-refractivity contribution in [1.82, 2.24) is 4.57 Å². The van der Waals surface area contributed by atoms with E-state index in [1.54, 1.807) is 7.05 Å². The Bertz CT molecular complexity index is 584. The predicted octanol–water partition coefficient (Wildman–Crippen LogP) is 1.55. The van der Waals surface area contributed by atoms with E-state index in [9.17, 15) is 13.2 Å². The monoisotopic (exact) mass is 300 g/mol. The lowest BCUT2D eigenvalue weighted by Crippen LogP contribution is -2.19. The molecule has 0 unspecified atom stereocenters. The molecule has 1 heterocycles. The van der Waals surface area contributed by atoms with Gasteiger partial charge < -0.3 is 9.30 Å². The van der Waals surface area contributed by atoms with Crippen LogP contribution < -0.4 is 5.14 Å². The van der Waals surface area contributed by atoms with Crippen molar-refractivity contribution in [1.29, 1.82) is 0 Å². The van der Waals surface area contributed by atoms with Gasteiger partial charge in [0, 0.05) is 13.2 Å². The molecule has 20 heavy (non-hydrogen) atoms. The lowest BCUT2D eigenvalue weighted by atomic mass is 10.1. The first-order valence-corrected chi connectivity index (χ1v) is 8.32. The highest BCUT2D eigenvalue weighted by molar-refractivity contribution is 7.89. The van der Waals surface area contributed by atoms with E-state index >= 15 is 0 Å². The van der Waals surface area contributed by atoms with Crippen molar-refractivity contribution in [2.24, 2.45) is 12.2 Å². The van der Waals surface area contributed by atoms with E-state index in [0.717, 1.165) is 25.7 Å². The molecule has 6 nitrogen and oxygen atoms in total. The Morgan fingerprint density at radius 2 is 1.90 bits per heavy atom. The fourth-order valence-electron chi connectivity index (χ4n) is 2.46. The van der Waals surface area contributed by atoms with Crippen LogP contribution in [0.15, 0.2) is 17.2 Å². The first kappa shape index (κ1) is 15.1. The third kappa shape index (κ3) is 3.61. The molecule has 0 atom stereocenters. The Kier molecular flexibility index (Phi) is 4.49. The summed E-state index contributed by atoms with van der Waals surface area (Å²) in [6, 6.07) is 1.26. The van der Waals surface area contributed by atoms with Crippen molar-refractivity contribution in [3.63, 3.8) is 0 Å². The molecule has 1 aromatic heterocycles. The number of hydrogen-bond donors (Lipinski definition) is 1. The Hall–Kier alpha value is -1.34. The summed E-state index contributed by atoms with van der Waals surface area (Å²) in [4.78, 5) is 12.0. The van der Waals surface area contributed by atoms with Gasteiger partial charge in [0.1, 0.15) is 16.7 Å². The Balaban J connectivity index is 2.11. The maximum absolute atomic E-state index is 12.1. The summed E-state index contributed by atoms with van der Waals surface area (Å²) >= 11 is 0. The number of nitrogens with two attached hydrogens (primary N) is 1. The zero-order chi connectivity index (χ0) is 14.8. The highest BCUT2D eigenvalue weighted by Crippen LogP contribution is 2.21. The molecule has 0 bridgehead atoms. The molecule has 0 spiro atoms. The average Bonchev–Trinajstić information content (AvgIpc) is 2.58. The van der Waals surface area contributed by atoms with Crippen molar-refractivity contribution in [3.8, 4) is 0 Å². The number of ether oxygens (including phenoxy) is 1. The van der Waals surface area contributed by atoms with Gasteiger partial charge in [-0.25, -0.2) is 18.4 Å². The number of hydrogen-bond acceptors (Lipinski definition) is 4. The zero-order valence-electron chi connectivity index (χ0n) is 11.5. The molecule has 1 fully saturated rings. The normalized spacial score (nSPS) is 17.7. The lowest BCUT2D eigenvalue weighted by Gasteiger charge is -2.15. The second-order valence-corrected chi connectivity index (χ2v) is 6.80. The summed E-state index contributed by atoms with van der Waals surface area (Å²) in [5.74, 6) is -0.491. The van der Waals surface area contributed by atoms with E-state index in [0.29, 0.717) is 0 Å². The van der Waals surface area contributed by atoms with E-state index < -0.39 is 16.0 Å². The minimum absolute atomic E-state index is 0.0715. The number of carbonyl (C=O) groups excluding carboxylic acids is 1. The minimum Gasteiger partial charge on any atom is -0.458 e. The smallest absolute Gasteiger partial charge is 0.355 e. The van der Waals surface area contributed by atoms with Crippen LogP contribution in [-0.4, -0.2) is 25.1 Å². The van der Waals surface area contributed by atoms with Gasteiger partial charge in [0.15, 0.2) is 0 Å². The van der Waals surface area contributed by atoms with Crippen LogP contribution in [0.2, 0.25) is 0 Å². The number of carbonyl (C=O) groups is 1. The number of nitrogens with zero attached hydrogens (tertiary/aromatic N) is 1. The number of sulfonamides is 1. The van der Waals surface area contributed by atoms with Gasteiger partial charge in [-0.3, -0.25) is 0 Å². The number of esters is 1. The SMILES string of the molecule is Cn1cc(S(N)(=O)=O)cc1C(=O)OC1CCCCCC1. The molecule has 112 valence electrons. The minimum atomic E-state index is -3.81. The average molecular weight is 300 g/mol. The van der Waals surface area contributed by atoms with E-state index in [4.69, 9.17) is 9.88 Å². The molecule has 2 rings (SSSR count). The zero-order valence-corrected chi connectivity index (χ0v) is 12.4. The van der Waals surface area contributed by atoms with Crippen LogP contribution in [0.3, 0.4) is 0 Å². The van der Waals surface area contributed by atoms with Gasteiger partial charge in [-0.1, -0.05) is 12.8 Å². The van der Waals surface area contributed by atoms with Crippen molar-refractivity contribution in [3.05, 3.63) is 18.0 Å². The van der Waals surface area contributed by atoms with E-state index in [-0.39, 0.29) is 16.7 Å². The first-order chi connectivity index (χ1) is 9.38. The summed E-state index contributed by atoms with van der Waals surface area (Å²) in [6.07, 6.45) is 7.47. The quantitative estimate of drug-likeness (QED) is 0.677. The molecule has 0 saturated heterocycles. The van der Waals surface area contributed by atoms with Crippen LogP contribution in [-0.2, 0) is 21.8 Å². The molecule has 0 amide bonds. The van der Waals surface area contributed by atoms with E-state index in [2.05, 4.69) is 0 Å². The number of aryl methyl sites for hydroxylation is 1. The van der Waals surface area contributed by atoms with Crippen molar-refractivity contribution >= 4 is 16.0 Å². The second-order valence-electron chi connectivity index (χ2n) is 5.24. The van der Waals surface area contributed by atoms with E-state index in [1.807, 2.05) is 0 Å². The summed E-state index contributed by atoms with van der Waals surface area (Å²) in [5.41, 5.74) is 0.207. The molecule has 1 aromatic rings. The van der Waals surface area contributed by atoms with Gasteiger partial charge in [0.25, 0.3) is 0 Å². The topological polar surface area (TPSA) is 91.4 Å². The molecule has 1 aliphatic rings. The van der Waals surface area contributed by atoms with Gasteiger partial charge in [-0.15, -0.1) is 0 Å². The molecule has 0 aromatic carbocycles. The third-order valence-electron chi connectivity index (χ3n) is 3.59. The summed E-state index contributed by atoms with van der Waals surface area (Å²) < 4.78 is 29.4. The van der Waals surface area contributed by atoms with Gasteiger partial charge in [0.2, 0.25) is 10.0 Å². The number of primary sulfonamides is 1. The standard InChI is InChI=1S/C13H20N2O4S/c1-15-9-11(20(14,17)18)8-12(15)13(16)19-10-6-4-2-3-5-7-10/h8-10H,2-7H2,1H3,(H2,14,17,18). The highest BCUT2D eigenvalue weighted by atomic mass is 32.2. The van der Waals surface area contributed by atoms with Gasteiger partial charge in [-0.05, 0) is 31.7 Å². The highest BCUT2D eigenvalue weighted by Gasteiger charge is 2.22. The third-order valence-corrected chi connectivity index (χ3v) is 4.47. The molecule has 7 heteroatoms. The van der Waals surface area contributed by atoms with Crippen LogP contribution in [0.1, 0.15) is 49.0 Å². The van der Waals surface area contributed by atoms with Crippen LogP contribution in [0.25, 0.3) is 0 Å². The summed E-state index contributed by atoms with van der Waals surface area (Å²) in [6.45, 7) is 0. The van der Waals surface area contributed by atoms with Crippen molar-refractivity contribution in [2.45, 2.75) is 49.5 Å². The van der Waals surface area contributed by atoms with Crippen LogP contribution >= 0.6 is 0 Å². The van der Waals surface area contributed by atoms with Crippen LogP contribution in [0, 0.1) is 0 Å². The van der Waals surface area contributed by atoms with Gasteiger partial charge in [0.05, 0.1) is 0 Å². The predicted molar refractivity (Wildman–Crippen MR) is 73.7 cm³/mol. The maximum atomic E-state index is 12.1. The number of rotatable bonds is 3. The first-order valence-electron chi connectivity index (χ1n) is 6.78. The molecular weight excluding hydrogens is 280 g/mol. The van der Waals surface area contributed by atoms with Crippen molar-refractivity contribution in [2.75, 3.05) is 0 Å². The molecule has 2 N–H and O–H groups in total. The van der Waals surface area contributed by atoms with Gasteiger partial charge in [-0.2, -0.15) is 0 Å². The second kappa shape index (κ2) is 5.97. The van der Waals surface area contributed by atoms with E-state index in [1.165, 1.54) is 29.7 Å². The molecular formula is C13H20N2O4S. The molecule has 0 aliphatic heterocycles. The fraction of sp³-hybridized carbons (Fsp3) is 0.615. The summed E-state index contributed by atoms with van der Waals surface area (Å²) in [7, 11) is -2.21. The lowest BCUT2D eigenvalue weighted by molar-refractivity contribution is 0.0256. The van der Waals surface area contributed by atoms with Gasteiger partial charge >= 0.3 is 5.97 Å². The molecule has 1 aliphatic carbocycles. The van der Waals surface area contributed by atoms with Crippen LogP contribution in [0.4, 0.5) is 0 Å².